The number of esters is 1. The van der Waals surface area contributed by atoms with E-state index in [1.165, 1.54) is 19.3 Å². The lowest BCUT2D eigenvalue weighted by Crippen LogP contribution is -2.46. The normalized spacial score (nSPS) is 19.3. The van der Waals surface area contributed by atoms with Crippen LogP contribution in [0.4, 0.5) is 0 Å². The predicted octanol–water partition coefficient (Wildman–Crippen LogP) is 2.74. The highest BCUT2D eigenvalue weighted by atomic mass is 16.5. The predicted molar refractivity (Wildman–Crippen MR) is 69.8 cm³/mol. The smallest absolute Gasteiger partial charge is 0.323 e. The minimum atomic E-state index is -0.0855. The lowest BCUT2D eigenvalue weighted by molar-refractivity contribution is -0.147. The van der Waals surface area contributed by atoms with Crippen LogP contribution in [-0.2, 0) is 9.53 Å². The maximum atomic E-state index is 12.0. The second-order valence-corrected chi connectivity index (χ2v) is 5.43. The van der Waals surface area contributed by atoms with Gasteiger partial charge in [0.25, 0.3) is 0 Å². The molecule has 3 nitrogen and oxygen atoms in total. The van der Waals surface area contributed by atoms with Gasteiger partial charge in [0.15, 0.2) is 0 Å². The second-order valence-electron chi connectivity index (χ2n) is 5.43. The Balaban J connectivity index is 2.53. The van der Waals surface area contributed by atoms with Gasteiger partial charge in [0.05, 0.1) is 6.61 Å². The fourth-order valence-electron chi connectivity index (χ4n) is 2.50. The van der Waals surface area contributed by atoms with Gasteiger partial charge in [-0.3, -0.25) is 4.79 Å². The molecule has 1 unspecified atom stereocenters. The van der Waals surface area contributed by atoms with Crippen molar-refractivity contribution in [2.45, 2.75) is 58.9 Å². The molecule has 1 saturated carbocycles. The zero-order chi connectivity index (χ0) is 12.7. The molecule has 1 aliphatic carbocycles. The van der Waals surface area contributed by atoms with Gasteiger partial charge in [-0.25, -0.2) is 0 Å². The van der Waals surface area contributed by atoms with E-state index >= 15 is 0 Å². The second kappa shape index (κ2) is 7.70. The molecule has 1 atom stereocenters. The molecule has 0 amide bonds. The van der Waals surface area contributed by atoms with E-state index in [4.69, 9.17) is 4.74 Å². The molecule has 0 bridgehead atoms. The average molecular weight is 241 g/mol. The van der Waals surface area contributed by atoms with Crippen molar-refractivity contribution in [1.29, 1.82) is 0 Å². The van der Waals surface area contributed by atoms with E-state index in [-0.39, 0.29) is 12.0 Å². The molecule has 17 heavy (non-hydrogen) atoms. The minimum Gasteiger partial charge on any atom is -0.465 e. The number of hydrogen-bond acceptors (Lipinski definition) is 3. The highest BCUT2D eigenvalue weighted by Crippen LogP contribution is 2.27. The Kier molecular flexibility index (Phi) is 6.56. The molecule has 1 rings (SSSR count). The Morgan fingerprint density at radius 3 is 2.47 bits per heavy atom. The molecular weight excluding hydrogens is 214 g/mol. The van der Waals surface area contributed by atoms with E-state index in [0.717, 1.165) is 19.4 Å². The van der Waals surface area contributed by atoms with Crippen LogP contribution in [0.15, 0.2) is 0 Å². The first-order valence-corrected chi connectivity index (χ1v) is 7.05. The molecule has 0 spiro atoms. The number of hydrogen-bond donors (Lipinski definition) is 1. The summed E-state index contributed by atoms with van der Waals surface area (Å²) in [7, 11) is 0. The molecule has 1 N–H and O–H groups in total. The van der Waals surface area contributed by atoms with Crippen LogP contribution in [0.3, 0.4) is 0 Å². The van der Waals surface area contributed by atoms with E-state index in [1.54, 1.807) is 0 Å². The van der Waals surface area contributed by atoms with Gasteiger partial charge in [0.1, 0.15) is 6.04 Å². The van der Waals surface area contributed by atoms with Crippen molar-refractivity contribution in [2.24, 2.45) is 11.8 Å². The summed E-state index contributed by atoms with van der Waals surface area (Å²) in [4.78, 5) is 12.0. The molecule has 0 aromatic heterocycles. The molecule has 100 valence electrons. The Hall–Kier alpha value is -0.570. The van der Waals surface area contributed by atoms with E-state index in [1.807, 2.05) is 6.92 Å². The van der Waals surface area contributed by atoms with Crippen LogP contribution in [0.25, 0.3) is 0 Å². The van der Waals surface area contributed by atoms with E-state index in [9.17, 15) is 4.79 Å². The minimum absolute atomic E-state index is 0.0555. The molecule has 0 aromatic rings. The molecule has 1 fully saturated rings. The topological polar surface area (TPSA) is 38.3 Å². The Morgan fingerprint density at radius 1 is 1.29 bits per heavy atom. The zero-order valence-corrected chi connectivity index (χ0v) is 11.5. The summed E-state index contributed by atoms with van der Waals surface area (Å²) < 4.78 is 5.19. The average Bonchev–Trinajstić information content (AvgIpc) is 2.30. The Morgan fingerprint density at radius 2 is 1.94 bits per heavy atom. The standard InChI is InChI=1S/C14H27NO2/c1-4-17-14(16)13(15-10-11(2)3)12-8-6-5-7-9-12/h11-13,15H,4-10H2,1-3H3. The first-order valence-electron chi connectivity index (χ1n) is 7.05. The molecule has 0 aromatic carbocycles. The number of ether oxygens (including phenoxy) is 1. The van der Waals surface area contributed by atoms with Gasteiger partial charge in [-0.15, -0.1) is 0 Å². The van der Waals surface area contributed by atoms with Crippen LogP contribution < -0.4 is 5.32 Å². The third-order valence-corrected chi connectivity index (χ3v) is 3.41. The maximum absolute atomic E-state index is 12.0. The van der Waals surface area contributed by atoms with Crippen LogP contribution in [0, 0.1) is 11.8 Å². The molecule has 1 aliphatic rings. The molecule has 3 heteroatoms. The van der Waals surface area contributed by atoms with E-state index < -0.39 is 0 Å². The maximum Gasteiger partial charge on any atom is 0.323 e. The van der Waals surface area contributed by atoms with Gasteiger partial charge >= 0.3 is 5.97 Å². The summed E-state index contributed by atoms with van der Waals surface area (Å²) >= 11 is 0. The van der Waals surface area contributed by atoms with Gasteiger partial charge in [-0.2, -0.15) is 0 Å². The Bertz CT molecular complexity index is 222. The van der Waals surface area contributed by atoms with Gasteiger partial charge < -0.3 is 10.1 Å². The molecule has 0 heterocycles. The number of nitrogens with one attached hydrogen (secondary N) is 1. The van der Waals surface area contributed by atoms with Gasteiger partial charge in [0.2, 0.25) is 0 Å². The van der Waals surface area contributed by atoms with Gasteiger partial charge in [0, 0.05) is 0 Å². The summed E-state index contributed by atoms with van der Waals surface area (Å²) in [5.74, 6) is 0.983. The third-order valence-electron chi connectivity index (χ3n) is 3.41. The summed E-state index contributed by atoms with van der Waals surface area (Å²) in [6.45, 7) is 7.57. The Labute approximate surface area is 105 Å². The van der Waals surface area contributed by atoms with E-state index in [2.05, 4.69) is 19.2 Å². The number of carbonyl (C=O) groups is 1. The molecule has 0 radical (unpaired) electrons. The third kappa shape index (κ3) is 5.07. The number of carbonyl (C=O) groups excluding carboxylic acids is 1. The summed E-state index contributed by atoms with van der Waals surface area (Å²) in [5.41, 5.74) is 0. The monoisotopic (exact) mass is 241 g/mol. The van der Waals surface area contributed by atoms with E-state index in [0.29, 0.717) is 18.4 Å². The van der Waals surface area contributed by atoms with Crippen LogP contribution in [-0.4, -0.2) is 25.2 Å². The fourth-order valence-corrected chi connectivity index (χ4v) is 2.50. The van der Waals surface area contributed by atoms with Crippen LogP contribution >= 0.6 is 0 Å². The largest absolute Gasteiger partial charge is 0.465 e. The van der Waals surface area contributed by atoms with Gasteiger partial charge in [-0.05, 0) is 38.1 Å². The van der Waals surface area contributed by atoms with Crippen LogP contribution in [0.1, 0.15) is 52.9 Å². The van der Waals surface area contributed by atoms with Crippen molar-refractivity contribution in [3.05, 3.63) is 0 Å². The number of rotatable bonds is 6. The first kappa shape index (κ1) is 14.5. The summed E-state index contributed by atoms with van der Waals surface area (Å²) in [6, 6.07) is -0.0855. The van der Waals surface area contributed by atoms with Crippen molar-refractivity contribution in [3.8, 4) is 0 Å². The zero-order valence-electron chi connectivity index (χ0n) is 11.5. The molecule has 0 aliphatic heterocycles. The van der Waals surface area contributed by atoms with Crippen molar-refractivity contribution < 1.29 is 9.53 Å². The molecular formula is C14H27NO2. The lowest BCUT2D eigenvalue weighted by Gasteiger charge is -2.30. The van der Waals surface area contributed by atoms with Gasteiger partial charge in [-0.1, -0.05) is 33.1 Å². The quantitative estimate of drug-likeness (QED) is 0.727. The van der Waals surface area contributed by atoms with Crippen molar-refractivity contribution >= 4 is 5.97 Å². The highest BCUT2D eigenvalue weighted by molar-refractivity contribution is 5.76. The van der Waals surface area contributed by atoms with Crippen molar-refractivity contribution in [3.63, 3.8) is 0 Å². The van der Waals surface area contributed by atoms with Crippen LogP contribution in [0.2, 0.25) is 0 Å². The SMILES string of the molecule is CCOC(=O)C(NCC(C)C)C1CCCCC1. The summed E-state index contributed by atoms with van der Waals surface area (Å²) in [5, 5.41) is 3.40. The van der Waals surface area contributed by atoms with Crippen molar-refractivity contribution in [2.75, 3.05) is 13.2 Å². The fraction of sp³-hybridized carbons (Fsp3) is 0.929. The summed E-state index contributed by atoms with van der Waals surface area (Å²) in [6.07, 6.45) is 6.15. The first-order chi connectivity index (χ1) is 8.15. The van der Waals surface area contributed by atoms with Crippen LogP contribution in [0.5, 0.6) is 0 Å². The molecule has 0 saturated heterocycles. The van der Waals surface area contributed by atoms with Crippen molar-refractivity contribution in [1.82, 2.24) is 5.32 Å². The highest BCUT2D eigenvalue weighted by Gasteiger charge is 2.30. The lowest BCUT2D eigenvalue weighted by atomic mass is 9.83.